The van der Waals surface area contributed by atoms with Crippen molar-refractivity contribution >= 4 is 34.8 Å². The number of nitrogens with one attached hydrogen (secondary N) is 2. The second-order valence-corrected chi connectivity index (χ2v) is 3.96. The van der Waals surface area contributed by atoms with Crippen LogP contribution in [0.1, 0.15) is 6.92 Å². The highest BCUT2D eigenvalue weighted by Gasteiger charge is 2.27. The first-order valence-electron chi connectivity index (χ1n) is 4.74. The lowest BCUT2D eigenvalue weighted by Gasteiger charge is -2.12. The number of pyridine rings is 1. The number of hydrogen-bond donors (Lipinski definition) is 2. The van der Waals surface area contributed by atoms with Gasteiger partial charge in [0.2, 0.25) is 0 Å². The van der Waals surface area contributed by atoms with Crippen LogP contribution in [-0.4, -0.2) is 24.2 Å². The third-order valence-electron chi connectivity index (χ3n) is 1.73. The van der Waals surface area contributed by atoms with Gasteiger partial charge in [0.15, 0.2) is 0 Å². The molecule has 1 heterocycles. The topological polar surface area (TPSA) is 37.0 Å². The predicted octanol–water partition coefficient (Wildman–Crippen LogP) is 3.79. The fourth-order valence-electron chi connectivity index (χ4n) is 1.07. The van der Waals surface area contributed by atoms with Gasteiger partial charge in [-0.1, -0.05) is 23.2 Å². The van der Waals surface area contributed by atoms with E-state index in [4.69, 9.17) is 23.2 Å². The number of aromatic nitrogens is 1. The van der Waals surface area contributed by atoms with E-state index in [1.54, 1.807) is 0 Å². The molecule has 0 unspecified atom stereocenters. The summed E-state index contributed by atoms with van der Waals surface area (Å²) >= 11 is 11.5. The Labute approximate surface area is 106 Å². The Morgan fingerprint density at radius 2 is 1.71 bits per heavy atom. The Balaban J connectivity index is 2.88. The summed E-state index contributed by atoms with van der Waals surface area (Å²) in [5.74, 6) is 0.243. The van der Waals surface area contributed by atoms with Gasteiger partial charge >= 0.3 is 6.18 Å². The molecule has 1 rings (SSSR count). The molecule has 0 aliphatic rings. The summed E-state index contributed by atoms with van der Waals surface area (Å²) in [6.45, 7) is 1.16. The van der Waals surface area contributed by atoms with Crippen molar-refractivity contribution in [2.24, 2.45) is 0 Å². The van der Waals surface area contributed by atoms with E-state index in [1.165, 1.54) is 6.07 Å². The van der Waals surface area contributed by atoms with Crippen molar-refractivity contribution in [1.29, 1.82) is 0 Å². The van der Waals surface area contributed by atoms with Gasteiger partial charge in [-0.3, -0.25) is 0 Å². The molecule has 96 valence electrons. The van der Waals surface area contributed by atoms with Crippen LogP contribution in [0.15, 0.2) is 6.07 Å². The van der Waals surface area contributed by atoms with Crippen molar-refractivity contribution < 1.29 is 13.2 Å². The predicted molar refractivity (Wildman–Crippen MR) is 63.0 cm³/mol. The van der Waals surface area contributed by atoms with E-state index in [1.807, 2.05) is 6.92 Å². The minimum absolute atomic E-state index is 0.0425. The zero-order valence-electron chi connectivity index (χ0n) is 8.83. The first-order valence-corrected chi connectivity index (χ1v) is 5.49. The monoisotopic (exact) mass is 287 g/mol. The van der Waals surface area contributed by atoms with Crippen LogP contribution in [0.5, 0.6) is 0 Å². The van der Waals surface area contributed by atoms with Crippen molar-refractivity contribution in [3.63, 3.8) is 0 Å². The van der Waals surface area contributed by atoms with Crippen molar-refractivity contribution in [3.8, 4) is 0 Å². The van der Waals surface area contributed by atoms with Crippen LogP contribution in [0.3, 0.4) is 0 Å². The molecule has 2 N–H and O–H groups in total. The molecule has 0 spiro atoms. The van der Waals surface area contributed by atoms with E-state index >= 15 is 0 Å². The van der Waals surface area contributed by atoms with Crippen molar-refractivity contribution in [2.45, 2.75) is 13.1 Å². The van der Waals surface area contributed by atoms with Gasteiger partial charge in [0.25, 0.3) is 0 Å². The number of alkyl halides is 3. The minimum Gasteiger partial charge on any atom is -0.369 e. The van der Waals surface area contributed by atoms with Crippen LogP contribution in [0.25, 0.3) is 0 Å². The van der Waals surface area contributed by atoms with E-state index in [0.29, 0.717) is 12.4 Å². The molecule has 8 heteroatoms. The Bertz CT molecular complexity index is 396. The first kappa shape index (κ1) is 14.2. The lowest BCUT2D eigenvalue weighted by molar-refractivity contribution is -0.115. The van der Waals surface area contributed by atoms with Crippen LogP contribution in [0.2, 0.25) is 10.0 Å². The second kappa shape index (κ2) is 5.64. The molecule has 0 aromatic carbocycles. The molecular weight excluding hydrogens is 278 g/mol. The number of hydrogen-bond acceptors (Lipinski definition) is 3. The number of nitrogens with zero attached hydrogens (tertiary/aromatic N) is 1. The molecule has 0 amide bonds. The Kier molecular flexibility index (Phi) is 4.70. The summed E-state index contributed by atoms with van der Waals surface area (Å²) in [6.07, 6.45) is -4.33. The highest BCUT2D eigenvalue weighted by atomic mass is 35.5. The summed E-state index contributed by atoms with van der Waals surface area (Å²) in [6, 6.07) is 1.34. The van der Waals surface area contributed by atoms with Crippen LogP contribution in [0, 0.1) is 0 Å². The van der Waals surface area contributed by atoms with Crippen LogP contribution in [0.4, 0.5) is 24.8 Å². The van der Waals surface area contributed by atoms with E-state index < -0.39 is 12.7 Å². The quantitative estimate of drug-likeness (QED) is 0.885. The Morgan fingerprint density at radius 1 is 1.18 bits per heavy atom. The molecule has 0 bridgehead atoms. The smallest absolute Gasteiger partial charge is 0.369 e. The van der Waals surface area contributed by atoms with Gasteiger partial charge in [0.1, 0.15) is 18.2 Å². The van der Waals surface area contributed by atoms with Gasteiger partial charge in [0.05, 0.1) is 10.0 Å². The van der Waals surface area contributed by atoms with E-state index in [9.17, 15) is 13.2 Å². The van der Waals surface area contributed by atoms with Gasteiger partial charge in [-0.05, 0) is 13.0 Å². The molecule has 1 aromatic heterocycles. The number of rotatable bonds is 4. The summed E-state index contributed by atoms with van der Waals surface area (Å²) in [5.41, 5.74) is 0. The maximum atomic E-state index is 12.0. The lowest BCUT2D eigenvalue weighted by atomic mass is 10.4. The molecule has 0 aliphatic carbocycles. The number of anilines is 2. The van der Waals surface area contributed by atoms with Gasteiger partial charge in [0, 0.05) is 6.54 Å². The largest absolute Gasteiger partial charge is 0.405 e. The fourth-order valence-corrected chi connectivity index (χ4v) is 1.56. The average Bonchev–Trinajstić information content (AvgIpc) is 2.19. The molecular formula is C9H10Cl2F3N3. The van der Waals surface area contributed by atoms with E-state index in [-0.39, 0.29) is 15.9 Å². The minimum atomic E-state index is -4.33. The van der Waals surface area contributed by atoms with Gasteiger partial charge < -0.3 is 10.6 Å². The highest BCUT2D eigenvalue weighted by Crippen LogP contribution is 2.29. The standard InChI is InChI=1S/C9H10Cl2F3N3/c1-2-15-7-5(10)3-6(11)8(17-7)16-4-9(12,13)14/h3H,2,4H2,1H3,(H2,15,16,17). The maximum Gasteiger partial charge on any atom is 0.405 e. The number of halogens is 5. The summed E-state index contributed by atoms with van der Waals surface area (Å²) in [4.78, 5) is 3.88. The van der Waals surface area contributed by atoms with Gasteiger partial charge in [-0.2, -0.15) is 13.2 Å². The normalized spacial score (nSPS) is 11.4. The van der Waals surface area contributed by atoms with Gasteiger partial charge in [-0.15, -0.1) is 0 Å². The summed E-state index contributed by atoms with van der Waals surface area (Å²) < 4.78 is 36.1. The lowest BCUT2D eigenvalue weighted by Crippen LogP contribution is -2.22. The summed E-state index contributed by atoms with van der Waals surface area (Å²) in [5, 5.41) is 5.23. The van der Waals surface area contributed by atoms with Crippen molar-refractivity contribution in [3.05, 3.63) is 16.1 Å². The fraction of sp³-hybridized carbons (Fsp3) is 0.444. The molecule has 3 nitrogen and oxygen atoms in total. The zero-order chi connectivity index (χ0) is 13.1. The Hall–Kier alpha value is -0.880. The molecule has 0 saturated carbocycles. The van der Waals surface area contributed by atoms with Crippen molar-refractivity contribution in [1.82, 2.24) is 4.98 Å². The van der Waals surface area contributed by atoms with Crippen LogP contribution < -0.4 is 10.6 Å². The van der Waals surface area contributed by atoms with Crippen LogP contribution >= 0.6 is 23.2 Å². The van der Waals surface area contributed by atoms with E-state index in [2.05, 4.69) is 15.6 Å². The molecule has 0 radical (unpaired) electrons. The molecule has 0 aliphatic heterocycles. The molecule has 0 fully saturated rings. The third kappa shape index (κ3) is 4.47. The van der Waals surface area contributed by atoms with E-state index in [0.717, 1.165) is 0 Å². The zero-order valence-corrected chi connectivity index (χ0v) is 10.3. The molecule has 0 saturated heterocycles. The molecule has 1 aromatic rings. The Morgan fingerprint density at radius 3 is 2.18 bits per heavy atom. The third-order valence-corrected chi connectivity index (χ3v) is 2.31. The molecule has 0 atom stereocenters. The van der Waals surface area contributed by atoms with Gasteiger partial charge in [-0.25, -0.2) is 4.98 Å². The van der Waals surface area contributed by atoms with Crippen molar-refractivity contribution in [2.75, 3.05) is 23.7 Å². The maximum absolute atomic E-state index is 12.0. The summed E-state index contributed by atoms with van der Waals surface area (Å²) in [7, 11) is 0. The first-order chi connectivity index (χ1) is 7.83. The second-order valence-electron chi connectivity index (χ2n) is 3.15. The highest BCUT2D eigenvalue weighted by molar-refractivity contribution is 6.37. The molecule has 17 heavy (non-hydrogen) atoms. The van der Waals surface area contributed by atoms with Crippen LogP contribution in [-0.2, 0) is 0 Å². The SMILES string of the molecule is CCNc1nc(NCC(F)(F)F)c(Cl)cc1Cl. The average molecular weight is 288 g/mol.